The molecule has 0 aromatic heterocycles. The number of carbonyl (C=O) groups is 2. The fraction of sp³-hybridized carbons (Fsp3) is 0.778. The van der Waals surface area contributed by atoms with Crippen molar-refractivity contribution in [3.63, 3.8) is 0 Å². The molecule has 0 saturated heterocycles. The van der Waals surface area contributed by atoms with Gasteiger partial charge in [-0.25, -0.2) is 14.0 Å². The summed E-state index contributed by atoms with van der Waals surface area (Å²) in [5.74, 6) is -3.59. The van der Waals surface area contributed by atoms with Crippen LogP contribution >= 0.6 is 0 Å². The number of carbonyl (C=O) groups excluding carboxylic acids is 2. The van der Waals surface area contributed by atoms with Crippen LogP contribution in [0.1, 0.15) is 20.3 Å². The summed E-state index contributed by atoms with van der Waals surface area (Å²) in [6, 6.07) is 0. The molecule has 0 aromatic carbocycles. The van der Waals surface area contributed by atoms with E-state index in [1.165, 1.54) is 6.92 Å². The van der Waals surface area contributed by atoms with Crippen molar-refractivity contribution < 1.29 is 36.6 Å². The van der Waals surface area contributed by atoms with Crippen molar-refractivity contribution in [3.05, 3.63) is 0 Å². The van der Waals surface area contributed by atoms with Gasteiger partial charge >= 0.3 is 18.1 Å². The van der Waals surface area contributed by atoms with Gasteiger partial charge in [-0.3, -0.25) is 0 Å². The van der Waals surface area contributed by atoms with Crippen molar-refractivity contribution in [1.82, 2.24) is 0 Å². The molecule has 0 aliphatic heterocycles. The molecule has 4 nitrogen and oxygen atoms in total. The summed E-state index contributed by atoms with van der Waals surface area (Å²) in [6.07, 6.45) is -5.23. The van der Waals surface area contributed by atoms with E-state index < -0.39 is 37.0 Å². The molecule has 0 amide bonds. The molecule has 100 valence electrons. The lowest BCUT2D eigenvalue weighted by atomic mass is 10.1. The Bertz CT molecular complexity index is 285. The van der Waals surface area contributed by atoms with Gasteiger partial charge in [-0.2, -0.15) is 13.2 Å². The Hall–Kier alpha value is -1.34. The first-order valence-corrected chi connectivity index (χ1v) is 4.71. The lowest BCUT2D eigenvalue weighted by Crippen LogP contribution is -2.33. The van der Waals surface area contributed by atoms with Gasteiger partial charge in [0.05, 0.1) is 0 Å². The minimum absolute atomic E-state index is 0.131. The molecule has 0 spiro atoms. The lowest BCUT2D eigenvalue weighted by Gasteiger charge is -2.16. The predicted molar refractivity (Wildman–Crippen MR) is 47.8 cm³/mol. The Balaban J connectivity index is 3.88. The van der Waals surface area contributed by atoms with Crippen LogP contribution in [0.15, 0.2) is 0 Å². The van der Waals surface area contributed by atoms with Crippen LogP contribution in [0.2, 0.25) is 0 Å². The SMILES string of the molecule is CCC(C)(F)C(=O)OCCOC(=O)C(F)(F)F. The van der Waals surface area contributed by atoms with Gasteiger partial charge in [-0.05, 0) is 13.3 Å². The zero-order chi connectivity index (χ0) is 13.7. The maximum Gasteiger partial charge on any atom is 0.490 e. The Morgan fingerprint density at radius 1 is 1.00 bits per heavy atom. The van der Waals surface area contributed by atoms with Crippen LogP contribution in [0.25, 0.3) is 0 Å². The highest BCUT2D eigenvalue weighted by Crippen LogP contribution is 2.17. The Kier molecular flexibility index (Phi) is 5.37. The average Bonchev–Trinajstić information content (AvgIpc) is 2.22. The van der Waals surface area contributed by atoms with Gasteiger partial charge in [-0.1, -0.05) is 6.92 Å². The van der Waals surface area contributed by atoms with Crippen molar-refractivity contribution in [2.24, 2.45) is 0 Å². The smallest absolute Gasteiger partial charge is 0.460 e. The summed E-state index contributed by atoms with van der Waals surface area (Å²) in [6.45, 7) is 0.992. The minimum atomic E-state index is -5.10. The van der Waals surface area contributed by atoms with Crippen LogP contribution < -0.4 is 0 Å². The summed E-state index contributed by atoms with van der Waals surface area (Å²) in [5.41, 5.74) is -2.20. The molecule has 0 aliphatic carbocycles. The lowest BCUT2D eigenvalue weighted by molar-refractivity contribution is -0.201. The molecule has 0 aliphatic rings. The molecule has 0 fully saturated rings. The van der Waals surface area contributed by atoms with Crippen molar-refractivity contribution in [2.45, 2.75) is 32.1 Å². The molecule has 17 heavy (non-hydrogen) atoms. The largest absolute Gasteiger partial charge is 0.490 e. The molecule has 1 atom stereocenters. The summed E-state index contributed by atoms with van der Waals surface area (Å²) in [7, 11) is 0. The second-order valence-electron chi connectivity index (χ2n) is 3.32. The second kappa shape index (κ2) is 5.83. The van der Waals surface area contributed by atoms with E-state index in [4.69, 9.17) is 0 Å². The first-order chi connectivity index (χ1) is 7.61. The third-order valence-electron chi connectivity index (χ3n) is 1.87. The number of hydrogen-bond donors (Lipinski definition) is 0. The van der Waals surface area contributed by atoms with Crippen LogP contribution in [0, 0.1) is 0 Å². The quantitative estimate of drug-likeness (QED) is 0.429. The van der Waals surface area contributed by atoms with Gasteiger partial charge in [0.25, 0.3) is 0 Å². The van der Waals surface area contributed by atoms with Gasteiger partial charge in [-0.15, -0.1) is 0 Å². The van der Waals surface area contributed by atoms with Crippen molar-refractivity contribution in [2.75, 3.05) is 13.2 Å². The standard InChI is InChI=1S/C9H12F4O4/c1-3-8(2,10)6(14)16-4-5-17-7(15)9(11,12)13/h3-5H2,1-2H3. The number of esters is 2. The number of alkyl halides is 4. The third kappa shape index (κ3) is 5.50. The average molecular weight is 260 g/mol. The number of rotatable bonds is 5. The number of halogens is 4. The molecule has 0 heterocycles. The monoisotopic (exact) mass is 260 g/mol. The highest BCUT2D eigenvalue weighted by atomic mass is 19.4. The molecular formula is C9H12F4O4. The molecule has 0 rings (SSSR count). The molecule has 0 N–H and O–H groups in total. The van der Waals surface area contributed by atoms with E-state index in [1.807, 2.05) is 0 Å². The van der Waals surface area contributed by atoms with E-state index in [-0.39, 0.29) is 6.42 Å². The van der Waals surface area contributed by atoms with Crippen LogP contribution in [-0.2, 0) is 19.1 Å². The first-order valence-electron chi connectivity index (χ1n) is 4.71. The molecule has 8 heteroatoms. The van der Waals surface area contributed by atoms with Crippen LogP contribution in [0.3, 0.4) is 0 Å². The molecule has 0 radical (unpaired) electrons. The van der Waals surface area contributed by atoms with Crippen molar-refractivity contribution >= 4 is 11.9 Å². The Morgan fingerprint density at radius 3 is 1.76 bits per heavy atom. The maximum atomic E-state index is 13.2. The van der Waals surface area contributed by atoms with E-state index in [1.54, 1.807) is 0 Å². The summed E-state index contributed by atoms with van der Waals surface area (Å²) in [5, 5.41) is 0. The Labute approximate surface area is 94.9 Å². The number of hydrogen-bond acceptors (Lipinski definition) is 4. The molecule has 0 saturated carbocycles. The zero-order valence-corrected chi connectivity index (χ0v) is 9.27. The van der Waals surface area contributed by atoms with Crippen LogP contribution in [0.5, 0.6) is 0 Å². The summed E-state index contributed by atoms with van der Waals surface area (Å²) >= 11 is 0. The highest BCUT2D eigenvalue weighted by molar-refractivity contribution is 5.78. The summed E-state index contributed by atoms with van der Waals surface area (Å²) in [4.78, 5) is 21.2. The topological polar surface area (TPSA) is 52.6 Å². The molecular weight excluding hydrogens is 248 g/mol. The van der Waals surface area contributed by atoms with Crippen molar-refractivity contribution in [3.8, 4) is 0 Å². The van der Waals surface area contributed by atoms with Crippen LogP contribution in [0.4, 0.5) is 17.6 Å². The van der Waals surface area contributed by atoms with Gasteiger partial charge in [0, 0.05) is 0 Å². The predicted octanol–water partition coefficient (Wildman–Crippen LogP) is 1.77. The van der Waals surface area contributed by atoms with E-state index in [9.17, 15) is 27.2 Å². The highest BCUT2D eigenvalue weighted by Gasteiger charge is 2.41. The fourth-order valence-electron chi connectivity index (χ4n) is 0.645. The van der Waals surface area contributed by atoms with Gasteiger partial charge in [0.2, 0.25) is 5.67 Å². The van der Waals surface area contributed by atoms with E-state index in [2.05, 4.69) is 9.47 Å². The van der Waals surface area contributed by atoms with Crippen molar-refractivity contribution in [1.29, 1.82) is 0 Å². The van der Waals surface area contributed by atoms with Crippen LogP contribution in [-0.4, -0.2) is 37.0 Å². The fourth-order valence-corrected chi connectivity index (χ4v) is 0.645. The zero-order valence-electron chi connectivity index (χ0n) is 9.27. The van der Waals surface area contributed by atoms with Gasteiger partial charge < -0.3 is 9.47 Å². The van der Waals surface area contributed by atoms with Gasteiger partial charge in [0.1, 0.15) is 13.2 Å². The van der Waals surface area contributed by atoms with Gasteiger partial charge in [0.15, 0.2) is 0 Å². The maximum absolute atomic E-state index is 13.2. The normalized spacial score (nSPS) is 14.9. The second-order valence-corrected chi connectivity index (χ2v) is 3.32. The molecule has 0 bridgehead atoms. The molecule has 1 unspecified atom stereocenters. The first kappa shape index (κ1) is 15.7. The minimum Gasteiger partial charge on any atom is -0.460 e. The van der Waals surface area contributed by atoms with E-state index in [0.717, 1.165) is 6.92 Å². The third-order valence-corrected chi connectivity index (χ3v) is 1.87. The number of ether oxygens (including phenoxy) is 2. The summed E-state index contributed by atoms with van der Waals surface area (Å²) < 4.78 is 56.2. The van der Waals surface area contributed by atoms with E-state index >= 15 is 0 Å². The molecule has 0 aromatic rings. The Morgan fingerprint density at radius 2 is 1.41 bits per heavy atom. The van der Waals surface area contributed by atoms with E-state index in [0.29, 0.717) is 0 Å².